The lowest BCUT2D eigenvalue weighted by Gasteiger charge is -2.12. The van der Waals surface area contributed by atoms with E-state index in [1.807, 2.05) is 19.9 Å². The third-order valence-electron chi connectivity index (χ3n) is 3.93. The summed E-state index contributed by atoms with van der Waals surface area (Å²) in [5, 5.41) is 3.78. The molecule has 0 aliphatic heterocycles. The number of aryl methyl sites for hydroxylation is 2. The average molecular weight is 378 g/mol. The first-order chi connectivity index (χ1) is 11.9. The number of ether oxygens (including phenoxy) is 1. The van der Waals surface area contributed by atoms with Gasteiger partial charge in [-0.15, -0.1) is 11.3 Å². The molecule has 0 saturated carbocycles. The summed E-state index contributed by atoms with van der Waals surface area (Å²) >= 11 is 7.52. The maximum atomic E-state index is 14.2. The van der Waals surface area contributed by atoms with Crippen LogP contribution in [0.15, 0.2) is 30.3 Å². The minimum atomic E-state index is -0.357. The minimum absolute atomic E-state index is 0.157. The van der Waals surface area contributed by atoms with Crippen LogP contribution in [0.1, 0.15) is 26.4 Å². The van der Waals surface area contributed by atoms with Gasteiger partial charge in [0.25, 0.3) is 5.91 Å². The van der Waals surface area contributed by atoms with Crippen LogP contribution in [0.3, 0.4) is 0 Å². The van der Waals surface area contributed by atoms with Crippen LogP contribution in [0, 0.1) is 19.7 Å². The van der Waals surface area contributed by atoms with Gasteiger partial charge in [-0.25, -0.2) is 4.39 Å². The Morgan fingerprint density at radius 1 is 1.32 bits per heavy atom. The summed E-state index contributed by atoms with van der Waals surface area (Å²) in [7, 11) is 1.52. The number of halogens is 2. The smallest absolute Gasteiger partial charge is 0.266 e. The molecular formula is C19H17ClFNO2S. The molecule has 0 aliphatic carbocycles. The highest BCUT2D eigenvalue weighted by molar-refractivity contribution is 7.21. The molecule has 0 unspecified atom stereocenters. The molecule has 6 heteroatoms. The summed E-state index contributed by atoms with van der Waals surface area (Å²) in [4.78, 5) is 13.3. The van der Waals surface area contributed by atoms with E-state index in [2.05, 4.69) is 5.32 Å². The highest BCUT2D eigenvalue weighted by atomic mass is 35.5. The Morgan fingerprint density at radius 2 is 2.08 bits per heavy atom. The van der Waals surface area contributed by atoms with Crippen molar-refractivity contribution in [3.05, 3.63) is 62.7 Å². The molecule has 0 spiro atoms. The van der Waals surface area contributed by atoms with E-state index in [9.17, 15) is 9.18 Å². The Kier molecular flexibility index (Phi) is 5.08. The topological polar surface area (TPSA) is 38.3 Å². The number of anilines is 1. The lowest BCUT2D eigenvalue weighted by molar-refractivity contribution is 0.102. The number of thiophene rings is 1. The third-order valence-corrected chi connectivity index (χ3v) is 5.42. The number of carbonyl (C=O) groups excluding carboxylic acids is 1. The van der Waals surface area contributed by atoms with E-state index in [4.69, 9.17) is 16.3 Å². The first-order valence-electron chi connectivity index (χ1n) is 7.69. The van der Waals surface area contributed by atoms with Crippen LogP contribution in [0.4, 0.5) is 10.1 Å². The van der Waals surface area contributed by atoms with Crippen LogP contribution in [-0.2, 0) is 11.3 Å². The van der Waals surface area contributed by atoms with Crippen molar-refractivity contribution in [2.75, 3.05) is 12.4 Å². The molecule has 1 amide bonds. The van der Waals surface area contributed by atoms with Gasteiger partial charge in [0.05, 0.1) is 22.2 Å². The summed E-state index contributed by atoms with van der Waals surface area (Å²) in [6.45, 7) is 3.98. The third kappa shape index (κ3) is 3.40. The summed E-state index contributed by atoms with van der Waals surface area (Å²) in [6.07, 6.45) is 0. The van der Waals surface area contributed by atoms with Crippen LogP contribution in [0.2, 0.25) is 5.02 Å². The largest absolute Gasteiger partial charge is 0.380 e. The number of rotatable bonds is 4. The van der Waals surface area contributed by atoms with E-state index in [1.54, 1.807) is 18.2 Å². The lowest BCUT2D eigenvalue weighted by atomic mass is 10.1. The average Bonchev–Trinajstić information content (AvgIpc) is 2.91. The number of benzene rings is 2. The van der Waals surface area contributed by atoms with Crippen LogP contribution < -0.4 is 5.32 Å². The number of carbonyl (C=O) groups is 1. The fourth-order valence-electron chi connectivity index (χ4n) is 2.88. The monoisotopic (exact) mass is 377 g/mol. The summed E-state index contributed by atoms with van der Waals surface area (Å²) in [6, 6.07) is 8.56. The van der Waals surface area contributed by atoms with Gasteiger partial charge < -0.3 is 10.1 Å². The maximum Gasteiger partial charge on any atom is 0.266 e. The Morgan fingerprint density at radius 3 is 2.76 bits per heavy atom. The molecule has 3 nitrogen and oxygen atoms in total. The van der Waals surface area contributed by atoms with E-state index in [-0.39, 0.29) is 18.3 Å². The molecule has 130 valence electrons. The Hall–Kier alpha value is -1.95. The predicted octanol–water partition coefficient (Wildman–Crippen LogP) is 5.71. The minimum Gasteiger partial charge on any atom is -0.380 e. The van der Waals surface area contributed by atoms with Crippen molar-refractivity contribution in [1.82, 2.24) is 0 Å². The molecular weight excluding hydrogens is 361 g/mol. The normalized spacial score (nSPS) is 11.1. The SMILES string of the molecule is COCc1c(C(=O)Nc2c(C)cc(C)cc2Cl)sc2cccc(F)c12. The van der Waals surface area contributed by atoms with E-state index in [0.717, 1.165) is 11.1 Å². The van der Waals surface area contributed by atoms with Gasteiger partial charge in [0, 0.05) is 22.8 Å². The van der Waals surface area contributed by atoms with Gasteiger partial charge in [0.15, 0.2) is 0 Å². The molecule has 2 aromatic carbocycles. The number of hydrogen-bond acceptors (Lipinski definition) is 3. The van der Waals surface area contributed by atoms with Gasteiger partial charge in [-0.05, 0) is 43.2 Å². The van der Waals surface area contributed by atoms with Crippen molar-refractivity contribution in [3.63, 3.8) is 0 Å². The summed E-state index contributed by atoms with van der Waals surface area (Å²) < 4.78 is 20.1. The lowest BCUT2D eigenvalue weighted by Crippen LogP contribution is -2.14. The summed E-state index contributed by atoms with van der Waals surface area (Å²) in [5.41, 5.74) is 3.01. The quantitative estimate of drug-likeness (QED) is 0.632. The molecule has 1 heterocycles. The molecule has 0 aliphatic rings. The van der Waals surface area contributed by atoms with Crippen molar-refractivity contribution < 1.29 is 13.9 Å². The molecule has 0 fully saturated rings. The zero-order valence-corrected chi connectivity index (χ0v) is 15.6. The summed E-state index contributed by atoms with van der Waals surface area (Å²) in [5.74, 6) is -0.675. The molecule has 1 aromatic heterocycles. The van der Waals surface area contributed by atoms with Gasteiger partial charge in [0.2, 0.25) is 0 Å². The van der Waals surface area contributed by atoms with E-state index < -0.39 is 0 Å². The molecule has 3 rings (SSSR count). The van der Waals surface area contributed by atoms with Crippen molar-refractivity contribution in [2.24, 2.45) is 0 Å². The first-order valence-corrected chi connectivity index (χ1v) is 8.88. The highest BCUT2D eigenvalue weighted by Crippen LogP contribution is 2.35. The van der Waals surface area contributed by atoms with Gasteiger partial charge in [-0.1, -0.05) is 23.7 Å². The Labute approximate surface area is 154 Å². The van der Waals surface area contributed by atoms with Crippen LogP contribution in [-0.4, -0.2) is 13.0 Å². The van der Waals surface area contributed by atoms with E-state index in [0.29, 0.717) is 31.2 Å². The highest BCUT2D eigenvalue weighted by Gasteiger charge is 2.21. The standard InChI is InChI=1S/C19H17ClFNO2S/c1-10-7-11(2)17(13(20)8-10)22-19(23)18-12(9-24-3)16-14(21)5-4-6-15(16)25-18/h4-8H,9H2,1-3H3,(H,22,23). The number of amides is 1. The Balaban J connectivity index is 2.06. The van der Waals surface area contributed by atoms with Crippen LogP contribution in [0.25, 0.3) is 10.1 Å². The van der Waals surface area contributed by atoms with E-state index >= 15 is 0 Å². The van der Waals surface area contributed by atoms with Crippen LogP contribution in [0.5, 0.6) is 0 Å². The van der Waals surface area contributed by atoms with Gasteiger partial charge in [-0.3, -0.25) is 4.79 Å². The van der Waals surface area contributed by atoms with Crippen LogP contribution >= 0.6 is 22.9 Å². The van der Waals surface area contributed by atoms with Gasteiger partial charge in [-0.2, -0.15) is 0 Å². The van der Waals surface area contributed by atoms with Crippen molar-refractivity contribution in [2.45, 2.75) is 20.5 Å². The number of methoxy groups -OCH3 is 1. The predicted molar refractivity (Wildman–Crippen MR) is 101 cm³/mol. The maximum absolute atomic E-state index is 14.2. The fourth-order valence-corrected chi connectivity index (χ4v) is 4.36. The Bertz CT molecular complexity index is 944. The first kappa shape index (κ1) is 17.9. The second-order valence-corrected chi connectivity index (χ2v) is 7.31. The zero-order chi connectivity index (χ0) is 18.1. The molecule has 0 bridgehead atoms. The zero-order valence-electron chi connectivity index (χ0n) is 14.1. The van der Waals surface area contributed by atoms with E-state index in [1.165, 1.54) is 24.5 Å². The van der Waals surface area contributed by atoms with Gasteiger partial charge >= 0.3 is 0 Å². The number of fused-ring (bicyclic) bond motifs is 1. The van der Waals surface area contributed by atoms with Crippen molar-refractivity contribution in [1.29, 1.82) is 0 Å². The van der Waals surface area contributed by atoms with Crippen molar-refractivity contribution >= 4 is 44.6 Å². The van der Waals surface area contributed by atoms with Crippen molar-refractivity contribution in [3.8, 4) is 0 Å². The molecule has 0 atom stereocenters. The molecule has 3 aromatic rings. The fraction of sp³-hybridized carbons (Fsp3) is 0.211. The van der Waals surface area contributed by atoms with Gasteiger partial charge in [0.1, 0.15) is 5.82 Å². The molecule has 0 saturated heterocycles. The second-order valence-electron chi connectivity index (χ2n) is 5.85. The number of hydrogen-bond donors (Lipinski definition) is 1. The molecule has 0 radical (unpaired) electrons. The molecule has 25 heavy (non-hydrogen) atoms. The number of nitrogens with one attached hydrogen (secondary N) is 1. The molecule has 1 N–H and O–H groups in total. The second kappa shape index (κ2) is 7.12.